The van der Waals surface area contributed by atoms with Gasteiger partial charge in [-0.1, -0.05) is 18.2 Å². The van der Waals surface area contributed by atoms with Gasteiger partial charge >= 0.3 is 0 Å². The van der Waals surface area contributed by atoms with Crippen molar-refractivity contribution >= 4 is 16.7 Å². The Morgan fingerprint density at radius 3 is 2.62 bits per heavy atom. The van der Waals surface area contributed by atoms with Crippen LogP contribution in [0, 0.1) is 13.8 Å². The van der Waals surface area contributed by atoms with Gasteiger partial charge in [0, 0.05) is 12.2 Å². The second kappa shape index (κ2) is 5.54. The molecule has 0 bridgehead atoms. The minimum absolute atomic E-state index is 0.0846. The highest BCUT2D eigenvalue weighted by atomic mass is 16.3. The standard InChI is InChI=1S/C16H18N4O/c1-11-10-14(17-8-9-21)16-15(18-11)12(2)20(19-16)13-6-4-3-5-7-13/h3-7,10,17,21H,8-9H2,1-2H3. The van der Waals surface area contributed by atoms with Crippen LogP contribution in [0.2, 0.25) is 0 Å². The van der Waals surface area contributed by atoms with Crippen molar-refractivity contribution in [1.82, 2.24) is 14.8 Å². The third kappa shape index (κ3) is 2.48. The molecule has 108 valence electrons. The second-order valence-electron chi connectivity index (χ2n) is 4.99. The third-order valence-corrected chi connectivity index (χ3v) is 3.41. The van der Waals surface area contributed by atoms with Crippen LogP contribution in [0.5, 0.6) is 0 Å². The highest BCUT2D eigenvalue weighted by Gasteiger charge is 2.14. The number of fused-ring (bicyclic) bond motifs is 1. The zero-order valence-corrected chi connectivity index (χ0v) is 12.2. The van der Waals surface area contributed by atoms with Gasteiger partial charge in [0.2, 0.25) is 0 Å². The molecule has 3 aromatic rings. The molecule has 0 amide bonds. The molecule has 2 N–H and O–H groups in total. The Morgan fingerprint density at radius 1 is 1.14 bits per heavy atom. The summed E-state index contributed by atoms with van der Waals surface area (Å²) in [6, 6.07) is 12.0. The van der Waals surface area contributed by atoms with Crippen LogP contribution in [-0.4, -0.2) is 33.0 Å². The number of anilines is 1. The zero-order chi connectivity index (χ0) is 14.8. The number of nitrogens with one attached hydrogen (secondary N) is 1. The summed E-state index contributed by atoms with van der Waals surface area (Å²) in [6.07, 6.45) is 0. The summed E-state index contributed by atoms with van der Waals surface area (Å²) in [5.74, 6) is 0. The fraction of sp³-hybridized carbons (Fsp3) is 0.250. The quantitative estimate of drug-likeness (QED) is 0.771. The van der Waals surface area contributed by atoms with Gasteiger partial charge in [-0.05, 0) is 32.0 Å². The van der Waals surface area contributed by atoms with Crippen LogP contribution in [0.25, 0.3) is 16.7 Å². The molecular formula is C16H18N4O. The van der Waals surface area contributed by atoms with Crippen molar-refractivity contribution in [1.29, 1.82) is 0 Å². The molecule has 0 aliphatic rings. The number of aliphatic hydroxyl groups excluding tert-OH is 1. The number of benzene rings is 1. The van der Waals surface area contributed by atoms with Crippen LogP contribution in [0.3, 0.4) is 0 Å². The van der Waals surface area contributed by atoms with E-state index in [1.807, 2.05) is 54.9 Å². The van der Waals surface area contributed by atoms with E-state index < -0.39 is 0 Å². The van der Waals surface area contributed by atoms with Crippen molar-refractivity contribution in [3.05, 3.63) is 47.8 Å². The van der Waals surface area contributed by atoms with Crippen molar-refractivity contribution in [2.45, 2.75) is 13.8 Å². The van der Waals surface area contributed by atoms with Gasteiger partial charge in [-0.25, -0.2) is 9.67 Å². The summed E-state index contributed by atoms with van der Waals surface area (Å²) >= 11 is 0. The molecule has 5 heteroatoms. The van der Waals surface area contributed by atoms with E-state index >= 15 is 0 Å². The summed E-state index contributed by atoms with van der Waals surface area (Å²) in [5.41, 5.74) is 5.57. The smallest absolute Gasteiger partial charge is 0.135 e. The molecule has 0 aliphatic heterocycles. The fourth-order valence-electron chi connectivity index (χ4n) is 2.44. The lowest BCUT2D eigenvalue weighted by Gasteiger charge is -2.05. The van der Waals surface area contributed by atoms with Gasteiger partial charge in [0.05, 0.1) is 23.7 Å². The normalized spacial score (nSPS) is 11.0. The van der Waals surface area contributed by atoms with Gasteiger partial charge in [0.1, 0.15) is 11.0 Å². The lowest BCUT2D eigenvalue weighted by molar-refractivity contribution is 0.311. The third-order valence-electron chi connectivity index (χ3n) is 3.41. The Bertz CT molecular complexity index is 765. The van der Waals surface area contributed by atoms with E-state index in [2.05, 4.69) is 15.4 Å². The van der Waals surface area contributed by atoms with Gasteiger partial charge in [-0.3, -0.25) is 0 Å². The van der Waals surface area contributed by atoms with Gasteiger partial charge < -0.3 is 10.4 Å². The number of hydrogen-bond acceptors (Lipinski definition) is 4. The van der Waals surface area contributed by atoms with Crippen molar-refractivity contribution in [2.75, 3.05) is 18.5 Å². The average Bonchev–Trinajstić information content (AvgIpc) is 2.83. The van der Waals surface area contributed by atoms with Crippen molar-refractivity contribution in [2.24, 2.45) is 0 Å². The van der Waals surface area contributed by atoms with Gasteiger partial charge in [-0.2, -0.15) is 5.10 Å². The van der Waals surface area contributed by atoms with Gasteiger partial charge in [0.25, 0.3) is 0 Å². The maximum absolute atomic E-state index is 9.00. The largest absolute Gasteiger partial charge is 0.395 e. The van der Waals surface area contributed by atoms with Crippen LogP contribution in [-0.2, 0) is 0 Å². The molecule has 0 atom stereocenters. The van der Waals surface area contributed by atoms with E-state index in [-0.39, 0.29) is 6.61 Å². The summed E-state index contributed by atoms with van der Waals surface area (Å²) in [6.45, 7) is 4.56. The molecule has 0 fully saturated rings. The Labute approximate surface area is 123 Å². The monoisotopic (exact) mass is 282 g/mol. The first kappa shape index (κ1) is 13.6. The molecule has 5 nitrogen and oxygen atoms in total. The lowest BCUT2D eigenvalue weighted by atomic mass is 10.2. The average molecular weight is 282 g/mol. The van der Waals surface area contributed by atoms with E-state index in [0.717, 1.165) is 33.8 Å². The molecule has 2 aromatic heterocycles. The molecule has 0 spiro atoms. The minimum atomic E-state index is 0.0846. The number of pyridine rings is 1. The summed E-state index contributed by atoms with van der Waals surface area (Å²) < 4.78 is 1.90. The maximum atomic E-state index is 9.00. The Morgan fingerprint density at radius 2 is 1.90 bits per heavy atom. The first-order valence-electron chi connectivity index (χ1n) is 6.98. The lowest BCUT2D eigenvalue weighted by Crippen LogP contribution is -2.06. The predicted molar refractivity (Wildman–Crippen MR) is 83.9 cm³/mol. The van der Waals surface area contributed by atoms with E-state index in [1.54, 1.807) is 0 Å². The first-order chi connectivity index (χ1) is 10.2. The highest BCUT2D eigenvalue weighted by Crippen LogP contribution is 2.26. The summed E-state index contributed by atoms with van der Waals surface area (Å²) in [4.78, 5) is 4.60. The molecule has 0 aliphatic carbocycles. The number of rotatable bonds is 4. The number of aliphatic hydroxyl groups is 1. The van der Waals surface area contributed by atoms with E-state index in [9.17, 15) is 0 Å². The number of nitrogens with zero attached hydrogens (tertiary/aromatic N) is 3. The molecule has 21 heavy (non-hydrogen) atoms. The molecule has 1 aromatic carbocycles. The minimum Gasteiger partial charge on any atom is -0.395 e. The number of aryl methyl sites for hydroxylation is 2. The Hall–Kier alpha value is -2.40. The van der Waals surface area contributed by atoms with E-state index in [1.165, 1.54) is 0 Å². The maximum Gasteiger partial charge on any atom is 0.135 e. The fourth-order valence-corrected chi connectivity index (χ4v) is 2.44. The number of para-hydroxylation sites is 1. The molecule has 0 radical (unpaired) electrons. The van der Waals surface area contributed by atoms with Crippen LogP contribution in [0.15, 0.2) is 36.4 Å². The molecule has 0 unspecified atom stereocenters. The van der Waals surface area contributed by atoms with Crippen LogP contribution >= 0.6 is 0 Å². The van der Waals surface area contributed by atoms with Crippen LogP contribution in [0.1, 0.15) is 11.4 Å². The van der Waals surface area contributed by atoms with Crippen molar-refractivity contribution < 1.29 is 5.11 Å². The first-order valence-corrected chi connectivity index (χ1v) is 6.98. The molecule has 0 saturated carbocycles. The van der Waals surface area contributed by atoms with E-state index in [4.69, 9.17) is 5.11 Å². The predicted octanol–water partition coefficient (Wildman–Crippen LogP) is 2.44. The zero-order valence-electron chi connectivity index (χ0n) is 12.2. The molecular weight excluding hydrogens is 264 g/mol. The van der Waals surface area contributed by atoms with Gasteiger partial charge in [0.15, 0.2) is 0 Å². The highest BCUT2D eigenvalue weighted by molar-refractivity contribution is 5.90. The summed E-state index contributed by atoms with van der Waals surface area (Å²) in [7, 11) is 0. The van der Waals surface area contributed by atoms with Gasteiger partial charge in [-0.15, -0.1) is 0 Å². The van der Waals surface area contributed by atoms with Crippen molar-refractivity contribution in [3.63, 3.8) is 0 Å². The van der Waals surface area contributed by atoms with Crippen molar-refractivity contribution in [3.8, 4) is 5.69 Å². The Kier molecular flexibility index (Phi) is 3.58. The SMILES string of the molecule is Cc1cc(NCCO)c2nn(-c3ccccc3)c(C)c2n1. The van der Waals surface area contributed by atoms with E-state index in [0.29, 0.717) is 6.54 Å². The summed E-state index contributed by atoms with van der Waals surface area (Å²) in [5, 5.41) is 16.9. The second-order valence-corrected chi connectivity index (χ2v) is 4.99. The number of aromatic nitrogens is 3. The topological polar surface area (TPSA) is 63.0 Å². The van der Waals surface area contributed by atoms with Crippen LogP contribution in [0.4, 0.5) is 5.69 Å². The molecule has 2 heterocycles. The van der Waals surface area contributed by atoms with Crippen LogP contribution < -0.4 is 5.32 Å². The number of hydrogen-bond donors (Lipinski definition) is 2. The molecule has 0 saturated heterocycles. The molecule has 3 rings (SSSR count). The Balaban J connectivity index is 2.19.